The molecular formula is C26H25F3N2O4. The summed E-state index contributed by atoms with van der Waals surface area (Å²) in [6.07, 6.45) is -3.82. The molecule has 0 fully saturated rings. The third-order valence-corrected chi connectivity index (χ3v) is 5.86. The minimum Gasteiger partial charge on any atom is -0.489 e. The van der Waals surface area contributed by atoms with Crippen LogP contribution in [0.5, 0.6) is 11.5 Å². The number of alkyl halides is 3. The molecule has 9 heteroatoms. The van der Waals surface area contributed by atoms with Crippen molar-refractivity contribution in [1.29, 1.82) is 0 Å². The summed E-state index contributed by atoms with van der Waals surface area (Å²) in [6.45, 7) is 3.94. The first-order valence-electron chi connectivity index (χ1n) is 11.2. The number of nitrogens with zero attached hydrogens (tertiary/aromatic N) is 2. The van der Waals surface area contributed by atoms with Crippen LogP contribution in [0.2, 0.25) is 0 Å². The summed E-state index contributed by atoms with van der Waals surface area (Å²) >= 11 is 0. The van der Waals surface area contributed by atoms with E-state index >= 15 is 0 Å². The van der Waals surface area contributed by atoms with Crippen LogP contribution in [0.4, 0.5) is 13.2 Å². The van der Waals surface area contributed by atoms with Gasteiger partial charge in [0.15, 0.2) is 0 Å². The molecule has 1 aliphatic rings. The number of carbonyl (C=O) groups is 1. The van der Waals surface area contributed by atoms with E-state index in [2.05, 4.69) is 9.64 Å². The van der Waals surface area contributed by atoms with E-state index < -0.39 is 12.3 Å². The van der Waals surface area contributed by atoms with Crippen molar-refractivity contribution in [2.24, 2.45) is 0 Å². The largest absolute Gasteiger partial charge is 0.573 e. The Bertz CT molecular complexity index is 1200. The van der Waals surface area contributed by atoms with Crippen molar-refractivity contribution in [3.05, 3.63) is 77.0 Å². The van der Waals surface area contributed by atoms with E-state index in [1.165, 1.54) is 12.1 Å². The highest BCUT2D eigenvalue weighted by Crippen LogP contribution is 2.27. The lowest BCUT2D eigenvalue weighted by molar-refractivity contribution is -0.274. The number of carboxylic acids is 1. The van der Waals surface area contributed by atoms with Gasteiger partial charge >= 0.3 is 12.3 Å². The topological polar surface area (TPSA) is 71.9 Å². The van der Waals surface area contributed by atoms with Gasteiger partial charge < -0.3 is 14.6 Å². The molecule has 0 unspecified atom stereocenters. The van der Waals surface area contributed by atoms with Crippen molar-refractivity contribution in [1.82, 2.24) is 9.88 Å². The van der Waals surface area contributed by atoms with Gasteiger partial charge in [0.25, 0.3) is 0 Å². The quantitative estimate of drug-likeness (QED) is 0.462. The fraction of sp³-hybridized carbons (Fsp3) is 0.308. The van der Waals surface area contributed by atoms with Crippen molar-refractivity contribution < 1.29 is 32.5 Å². The molecular weight excluding hydrogens is 461 g/mol. The van der Waals surface area contributed by atoms with Gasteiger partial charge in [-0.1, -0.05) is 12.1 Å². The molecule has 0 bridgehead atoms. The normalized spacial score (nSPS) is 13.8. The van der Waals surface area contributed by atoms with Crippen LogP contribution in [0.25, 0.3) is 11.3 Å². The summed E-state index contributed by atoms with van der Waals surface area (Å²) in [7, 11) is 0. The molecule has 3 aromatic rings. The van der Waals surface area contributed by atoms with Gasteiger partial charge in [-0.15, -0.1) is 13.2 Å². The maximum atomic E-state index is 12.4. The number of hydrogen-bond donors (Lipinski definition) is 1. The van der Waals surface area contributed by atoms with E-state index in [0.29, 0.717) is 24.4 Å². The second kappa shape index (κ2) is 10.4. The third kappa shape index (κ3) is 6.73. The van der Waals surface area contributed by atoms with E-state index in [9.17, 15) is 18.0 Å². The zero-order valence-corrected chi connectivity index (χ0v) is 19.1. The van der Waals surface area contributed by atoms with Gasteiger partial charge in [-0.3, -0.25) is 14.7 Å². The van der Waals surface area contributed by atoms with Gasteiger partial charge in [0.1, 0.15) is 18.1 Å². The Morgan fingerprint density at radius 2 is 1.83 bits per heavy atom. The standard InChI is InChI=1S/C26H25F3N2O4/c1-17-14-22(35-26(27,28)29)8-4-20(17)16-34-21-6-2-18(3-7-21)23-9-5-19-15-31(13-11-25(32)33)12-10-24(19)30-23/h2-9,14H,10-13,15-16H2,1H3,(H,32,33). The smallest absolute Gasteiger partial charge is 0.489 e. The van der Waals surface area contributed by atoms with Gasteiger partial charge in [0.05, 0.1) is 12.1 Å². The predicted molar refractivity (Wildman–Crippen MR) is 123 cm³/mol. The molecule has 0 saturated heterocycles. The number of hydrogen-bond acceptors (Lipinski definition) is 5. The SMILES string of the molecule is Cc1cc(OC(F)(F)F)ccc1COc1ccc(-c2ccc3c(n2)CCN(CCC(=O)O)C3)cc1. The van der Waals surface area contributed by atoms with Crippen LogP contribution in [0.15, 0.2) is 54.6 Å². The summed E-state index contributed by atoms with van der Waals surface area (Å²) in [5, 5.41) is 8.88. The molecule has 184 valence electrons. The van der Waals surface area contributed by atoms with Crippen LogP contribution in [0.1, 0.15) is 28.8 Å². The molecule has 1 aliphatic heterocycles. The predicted octanol–water partition coefficient (Wildman–Crippen LogP) is 5.37. The van der Waals surface area contributed by atoms with E-state index in [0.717, 1.165) is 41.0 Å². The van der Waals surface area contributed by atoms with Crippen molar-refractivity contribution in [3.63, 3.8) is 0 Å². The zero-order chi connectivity index (χ0) is 25.0. The maximum Gasteiger partial charge on any atom is 0.573 e. The summed E-state index contributed by atoms with van der Waals surface area (Å²) in [4.78, 5) is 17.7. The number of pyridine rings is 1. The Hall–Kier alpha value is -3.59. The van der Waals surface area contributed by atoms with Crippen molar-refractivity contribution in [3.8, 4) is 22.8 Å². The fourth-order valence-corrected chi connectivity index (χ4v) is 3.99. The van der Waals surface area contributed by atoms with E-state index in [4.69, 9.17) is 14.8 Å². The molecule has 4 rings (SSSR count). The lowest BCUT2D eigenvalue weighted by Gasteiger charge is -2.27. The van der Waals surface area contributed by atoms with Crippen LogP contribution >= 0.6 is 0 Å². The van der Waals surface area contributed by atoms with Crippen LogP contribution in [0.3, 0.4) is 0 Å². The molecule has 0 saturated carbocycles. The van der Waals surface area contributed by atoms with Crippen LogP contribution in [0, 0.1) is 6.92 Å². The third-order valence-electron chi connectivity index (χ3n) is 5.86. The summed E-state index contributed by atoms with van der Waals surface area (Å²) < 4.78 is 46.9. The molecule has 1 N–H and O–H groups in total. The highest BCUT2D eigenvalue weighted by Gasteiger charge is 2.31. The van der Waals surface area contributed by atoms with Crippen LogP contribution < -0.4 is 9.47 Å². The number of benzene rings is 2. The number of halogens is 3. The van der Waals surface area contributed by atoms with Crippen LogP contribution in [-0.2, 0) is 24.4 Å². The lowest BCUT2D eigenvalue weighted by Crippen LogP contribution is -2.32. The Labute approximate surface area is 200 Å². The first-order valence-corrected chi connectivity index (χ1v) is 11.2. The number of aromatic nitrogens is 1. The van der Waals surface area contributed by atoms with E-state index in [-0.39, 0.29) is 18.8 Å². The first kappa shape index (κ1) is 24.5. The molecule has 0 atom stereocenters. The number of aliphatic carboxylic acids is 1. The number of ether oxygens (including phenoxy) is 2. The highest BCUT2D eigenvalue weighted by atomic mass is 19.4. The van der Waals surface area contributed by atoms with Gasteiger partial charge in [0.2, 0.25) is 0 Å². The average molecular weight is 486 g/mol. The summed E-state index contributed by atoms with van der Waals surface area (Å²) in [5.41, 5.74) is 5.35. The van der Waals surface area contributed by atoms with Crippen molar-refractivity contribution >= 4 is 5.97 Å². The minimum absolute atomic E-state index is 0.132. The lowest BCUT2D eigenvalue weighted by atomic mass is 10.0. The molecule has 6 nitrogen and oxygen atoms in total. The van der Waals surface area contributed by atoms with E-state index in [1.807, 2.05) is 36.4 Å². The van der Waals surface area contributed by atoms with Gasteiger partial charge in [0, 0.05) is 37.3 Å². The second-order valence-corrected chi connectivity index (χ2v) is 8.42. The van der Waals surface area contributed by atoms with Crippen LogP contribution in [-0.4, -0.2) is 40.4 Å². The molecule has 0 amide bonds. The van der Waals surface area contributed by atoms with Gasteiger partial charge in [-0.25, -0.2) is 0 Å². The Morgan fingerprint density at radius 1 is 1.09 bits per heavy atom. The number of rotatable bonds is 8. The number of aryl methyl sites for hydroxylation is 1. The fourth-order valence-electron chi connectivity index (χ4n) is 3.99. The summed E-state index contributed by atoms with van der Waals surface area (Å²) in [6, 6.07) is 15.7. The van der Waals surface area contributed by atoms with Gasteiger partial charge in [-0.2, -0.15) is 0 Å². The van der Waals surface area contributed by atoms with Crippen molar-refractivity contribution in [2.75, 3.05) is 13.1 Å². The monoisotopic (exact) mass is 486 g/mol. The zero-order valence-electron chi connectivity index (χ0n) is 19.1. The highest BCUT2D eigenvalue weighted by molar-refractivity contribution is 5.66. The molecule has 35 heavy (non-hydrogen) atoms. The number of carboxylic acid groups (broad SMARTS) is 1. The maximum absolute atomic E-state index is 12.4. The second-order valence-electron chi connectivity index (χ2n) is 8.42. The van der Waals surface area contributed by atoms with Gasteiger partial charge in [-0.05, 0) is 66.1 Å². The molecule has 0 spiro atoms. The molecule has 0 aliphatic carbocycles. The first-order chi connectivity index (χ1) is 16.7. The molecule has 2 heterocycles. The Morgan fingerprint density at radius 3 is 2.51 bits per heavy atom. The number of fused-ring (bicyclic) bond motifs is 1. The Balaban J connectivity index is 1.36. The molecule has 0 radical (unpaired) electrons. The summed E-state index contributed by atoms with van der Waals surface area (Å²) in [5.74, 6) is -0.412. The Kier molecular flexibility index (Phi) is 7.25. The average Bonchev–Trinajstić information content (AvgIpc) is 2.81. The molecule has 2 aromatic carbocycles. The van der Waals surface area contributed by atoms with E-state index in [1.54, 1.807) is 13.0 Å². The minimum atomic E-state index is -4.72. The van der Waals surface area contributed by atoms with Crippen molar-refractivity contribution in [2.45, 2.75) is 39.3 Å². The molecule has 1 aromatic heterocycles.